The average Bonchev–Trinajstić information content (AvgIpc) is 2.89. The number of aldehydes is 1. The molecule has 7 heteroatoms. The predicted octanol–water partition coefficient (Wildman–Crippen LogP) is 4.38. The van der Waals surface area contributed by atoms with E-state index in [0.717, 1.165) is 11.0 Å². The van der Waals surface area contributed by atoms with E-state index in [9.17, 15) is 19.1 Å². The first-order chi connectivity index (χ1) is 10.9. The van der Waals surface area contributed by atoms with E-state index in [2.05, 4.69) is 15.9 Å². The first-order valence-electron chi connectivity index (χ1n) is 6.64. The fourth-order valence-corrected chi connectivity index (χ4v) is 3.65. The van der Waals surface area contributed by atoms with Crippen LogP contribution in [0, 0.1) is 5.82 Å². The Kier molecular flexibility index (Phi) is 3.90. The van der Waals surface area contributed by atoms with E-state index in [-0.39, 0.29) is 21.6 Å². The molecule has 0 radical (unpaired) electrons. The van der Waals surface area contributed by atoms with Gasteiger partial charge in [-0.15, -0.1) is 0 Å². The Morgan fingerprint density at radius 2 is 2.04 bits per heavy atom. The topological polar surface area (TPSA) is 57.6 Å². The van der Waals surface area contributed by atoms with Crippen molar-refractivity contribution < 1.29 is 19.1 Å². The third-order valence-electron chi connectivity index (χ3n) is 3.99. The molecule has 0 saturated heterocycles. The summed E-state index contributed by atoms with van der Waals surface area (Å²) in [7, 11) is 0. The molecular weight excluding hydrogens is 389 g/mol. The van der Waals surface area contributed by atoms with Gasteiger partial charge in [0.15, 0.2) is 6.29 Å². The lowest BCUT2D eigenvalue weighted by atomic mass is 9.87. The van der Waals surface area contributed by atoms with Gasteiger partial charge in [-0.1, -0.05) is 41.9 Å². The lowest BCUT2D eigenvalue weighted by Crippen LogP contribution is -2.48. The summed E-state index contributed by atoms with van der Waals surface area (Å²) in [5, 5.41) is 9.50. The zero-order valence-corrected chi connectivity index (χ0v) is 13.9. The molecule has 2 aromatic carbocycles. The van der Waals surface area contributed by atoms with Crippen molar-refractivity contribution in [1.29, 1.82) is 0 Å². The van der Waals surface area contributed by atoms with Gasteiger partial charge >= 0.3 is 6.09 Å². The van der Waals surface area contributed by atoms with E-state index in [0.29, 0.717) is 17.4 Å². The van der Waals surface area contributed by atoms with Crippen molar-refractivity contribution in [3.05, 3.63) is 62.8 Å². The number of fused-ring (bicyclic) bond motifs is 1. The second-order valence-electron chi connectivity index (χ2n) is 5.19. The second kappa shape index (κ2) is 5.62. The van der Waals surface area contributed by atoms with Gasteiger partial charge in [-0.2, -0.15) is 0 Å². The molecule has 1 atom stereocenters. The molecule has 4 nitrogen and oxygen atoms in total. The number of rotatable bonds is 2. The first-order valence-corrected chi connectivity index (χ1v) is 7.81. The number of hydrogen-bond donors (Lipinski definition) is 1. The Morgan fingerprint density at radius 1 is 1.39 bits per heavy atom. The highest BCUT2D eigenvalue weighted by atomic mass is 79.9. The maximum absolute atomic E-state index is 14.0. The molecule has 0 spiro atoms. The van der Waals surface area contributed by atoms with Crippen LogP contribution in [0.2, 0.25) is 5.02 Å². The van der Waals surface area contributed by atoms with Crippen LogP contribution >= 0.6 is 27.5 Å². The van der Waals surface area contributed by atoms with Crippen LogP contribution in [0.5, 0.6) is 0 Å². The van der Waals surface area contributed by atoms with E-state index in [1.807, 2.05) is 0 Å². The second-order valence-corrected chi connectivity index (χ2v) is 6.36. The van der Waals surface area contributed by atoms with Gasteiger partial charge in [-0.25, -0.2) is 9.18 Å². The van der Waals surface area contributed by atoms with Crippen LogP contribution in [0.4, 0.5) is 14.9 Å². The van der Waals surface area contributed by atoms with Crippen LogP contribution in [-0.2, 0) is 16.8 Å². The minimum Gasteiger partial charge on any atom is -0.465 e. The summed E-state index contributed by atoms with van der Waals surface area (Å²) in [6.07, 6.45) is -0.689. The van der Waals surface area contributed by atoms with Crippen LogP contribution < -0.4 is 4.90 Å². The van der Waals surface area contributed by atoms with E-state index >= 15 is 0 Å². The van der Waals surface area contributed by atoms with E-state index in [4.69, 9.17) is 11.6 Å². The summed E-state index contributed by atoms with van der Waals surface area (Å²) < 4.78 is 14.2. The molecule has 1 N–H and O–H groups in total. The number of halogens is 3. The Balaban J connectivity index is 2.30. The monoisotopic (exact) mass is 397 g/mol. The molecule has 1 aliphatic rings. The Hall–Kier alpha value is -1.92. The lowest BCUT2D eigenvalue weighted by molar-refractivity contribution is -0.112. The number of carbonyl (C=O) groups is 2. The summed E-state index contributed by atoms with van der Waals surface area (Å²) in [4.78, 5) is 24.7. The summed E-state index contributed by atoms with van der Waals surface area (Å²) in [5.74, 6) is -0.752. The molecule has 0 aliphatic carbocycles. The molecule has 1 heterocycles. The van der Waals surface area contributed by atoms with Crippen molar-refractivity contribution in [1.82, 2.24) is 0 Å². The van der Waals surface area contributed by atoms with Gasteiger partial charge in [0.1, 0.15) is 11.4 Å². The zero-order chi connectivity index (χ0) is 16.8. The molecule has 0 bridgehead atoms. The van der Waals surface area contributed by atoms with Crippen LogP contribution in [0.1, 0.15) is 11.1 Å². The lowest BCUT2D eigenvalue weighted by Gasteiger charge is -2.32. The molecule has 3 rings (SSSR count). The van der Waals surface area contributed by atoms with E-state index < -0.39 is 17.4 Å². The summed E-state index contributed by atoms with van der Waals surface area (Å²) in [6, 6.07) is 9.58. The smallest absolute Gasteiger partial charge is 0.413 e. The quantitative estimate of drug-likeness (QED) is 0.603. The maximum atomic E-state index is 14.0. The number of carboxylic acid groups (broad SMARTS) is 1. The number of carbonyl (C=O) groups excluding carboxylic acids is 1. The molecule has 0 aromatic heterocycles. The largest absolute Gasteiger partial charge is 0.465 e. The molecular formula is C16H10BrClFNO3. The zero-order valence-electron chi connectivity index (χ0n) is 11.6. The number of nitrogens with zero attached hydrogens (tertiary/aromatic N) is 1. The van der Waals surface area contributed by atoms with Crippen molar-refractivity contribution in [2.24, 2.45) is 0 Å². The highest BCUT2D eigenvalue weighted by Gasteiger charge is 2.50. The normalized spacial score (nSPS) is 19.5. The highest BCUT2D eigenvalue weighted by molar-refractivity contribution is 9.10. The molecule has 23 heavy (non-hydrogen) atoms. The van der Waals surface area contributed by atoms with Gasteiger partial charge in [-0.3, -0.25) is 4.90 Å². The Bertz CT molecular complexity index is 815. The molecule has 118 valence electrons. The molecule has 0 fully saturated rings. The average molecular weight is 399 g/mol. The van der Waals surface area contributed by atoms with Crippen LogP contribution in [0.15, 0.2) is 40.9 Å². The van der Waals surface area contributed by atoms with Gasteiger partial charge in [-0.05, 0) is 33.1 Å². The standard InChI is InChI=1S/C16H10BrClFNO3/c17-13-10-7-16(8-21,9-4-2-1-3-5-9)20(15(22)23)12(10)6-11(19)14(13)18/h1-6,8H,7H2,(H,22,23). The van der Waals surface area contributed by atoms with Crippen molar-refractivity contribution >= 4 is 45.6 Å². The van der Waals surface area contributed by atoms with Gasteiger partial charge in [0.25, 0.3) is 0 Å². The first kappa shape index (κ1) is 16.0. The SMILES string of the molecule is O=CC1(c2ccccc2)Cc2c(cc(F)c(Cl)c2Br)N1C(=O)O. The van der Waals surface area contributed by atoms with Crippen molar-refractivity contribution in [2.45, 2.75) is 12.0 Å². The maximum Gasteiger partial charge on any atom is 0.413 e. The summed E-state index contributed by atoms with van der Waals surface area (Å²) in [5.41, 5.74) is -0.344. The third kappa shape index (κ3) is 2.24. The van der Waals surface area contributed by atoms with Crippen molar-refractivity contribution in [3.63, 3.8) is 0 Å². The Morgan fingerprint density at radius 3 is 2.61 bits per heavy atom. The molecule has 1 amide bonds. The molecule has 2 aromatic rings. The molecule has 1 unspecified atom stereocenters. The fourth-order valence-electron chi connectivity index (χ4n) is 2.95. The highest BCUT2D eigenvalue weighted by Crippen LogP contribution is 2.49. The third-order valence-corrected chi connectivity index (χ3v) is 5.46. The van der Waals surface area contributed by atoms with Gasteiger partial charge in [0.2, 0.25) is 0 Å². The molecule has 0 saturated carbocycles. The van der Waals surface area contributed by atoms with Crippen molar-refractivity contribution in [3.8, 4) is 0 Å². The van der Waals surface area contributed by atoms with Crippen molar-refractivity contribution in [2.75, 3.05) is 4.90 Å². The van der Waals surface area contributed by atoms with Crippen LogP contribution in [-0.4, -0.2) is 17.5 Å². The minimum atomic E-state index is -1.45. The summed E-state index contributed by atoms with van der Waals surface area (Å²) >= 11 is 9.10. The van der Waals surface area contributed by atoms with Crippen LogP contribution in [0.25, 0.3) is 0 Å². The number of amides is 1. The predicted molar refractivity (Wildman–Crippen MR) is 87.5 cm³/mol. The van der Waals surface area contributed by atoms with E-state index in [1.165, 1.54) is 0 Å². The number of hydrogen-bond acceptors (Lipinski definition) is 2. The van der Waals surface area contributed by atoms with Crippen LogP contribution in [0.3, 0.4) is 0 Å². The number of anilines is 1. The molecule has 1 aliphatic heterocycles. The van der Waals surface area contributed by atoms with Gasteiger partial charge < -0.3 is 9.90 Å². The van der Waals surface area contributed by atoms with Gasteiger partial charge in [0.05, 0.1) is 10.7 Å². The fraction of sp³-hybridized carbons (Fsp3) is 0.125. The minimum absolute atomic E-state index is 0.0722. The summed E-state index contributed by atoms with van der Waals surface area (Å²) in [6.45, 7) is 0. The van der Waals surface area contributed by atoms with E-state index in [1.54, 1.807) is 30.3 Å². The Labute approximate surface area is 144 Å². The number of benzene rings is 2. The van der Waals surface area contributed by atoms with Gasteiger partial charge in [0, 0.05) is 10.9 Å².